The van der Waals surface area contributed by atoms with E-state index in [9.17, 15) is 0 Å². The van der Waals surface area contributed by atoms with Gasteiger partial charge in [-0.2, -0.15) is 5.26 Å². The summed E-state index contributed by atoms with van der Waals surface area (Å²) in [5.41, 5.74) is 0. The molecule has 0 rings (SSSR count). The number of nitrogens with zero attached hydrogens (tertiary/aromatic N) is 1. The fourth-order valence-electron chi connectivity index (χ4n) is 0.717. The molecular formula is C8H13N. The van der Waals surface area contributed by atoms with Gasteiger partial charge in [-0.25, -0.2) is 0 Å². The lowest BCUT2D eigenvalue weighted by atomic mass is 10.1. The third kappa shape index (κ3) is 5.10. The Morgan fingerprint density at radius 1 is 1.67 bits per heavy atom. The van der Waals surface area contributed by atoms with Crippen molar-refractivity contribution in [3.05, 3.63) is 12.2 Å². The zero-order valence-corrected chi connectivity index (χ0v) is 6.09. The fraction of sp³-hybridized carbons (Fsp3) is 0.625. The summed E-state index contributed by atoms with van der Waals surface area (Å²) in [6.07, 6.45) is 5.81. The molecule has 0 aromatic heterocycles. The van der Waals surface area contributed by atoms with Crippen molar-refractivity contribution in [1.82, 2.24) is 0 Å². The van der Waals surface area contributed by atoms with Crippen LogP contribution in [0.3, 0.4) is 0 Å². The highest BCUT2D eigenvalue weighted by Crippen LogP contribution is 2.05. The summed E-state index contributed by atoms with van der Waals surface area (Å²) in [6, 6.07) is 2.12. The molecule has 0 heterocycles. The Bertz CT molecular complexity index is 119. The van der Waals surface area contributed by atoms with Gasteiger partial charge in [0, 0.05) is 6.42 Å². The molecule has 1 atom stereocenters. The molecule has 0 saturated carbocycles. The Labute approximate surface area is 57.0 Å². The van der Waals surface area contributed by atoms with Crippen LogP contribution in [0.25, 0.3) is 0 Å². The van der Waals surface area contributed by atoms with Crippen LogP contribution in [0, 0.1) is 17.2 Å². The fourth-order valence-corrected chi connectivity index (χ4v) is 0.717. The lowest BCUT2D eigenvalue weighted by molar-refractivity contribution is 0.661. The van der Waals surface area contributed by atoms with Gasteiger partial charge in [-0.3, -0.25) is 0 Å². The van der Waals surface area contributed by atoms with Crippen molar-refractivity contribution in [3.63, 3.8) is 0 Å². The molecule has 9 heavy (non-hydrogen) atoms. The number of rotatable bonds is 3. The third-order valence-corrected chi connectivity index (χ3v) is 1.23. The van der Waals surface area contributed by atoms with Gasteiger partial charge in [0.15, 0.2) is 0 Å². The smallest absolute Gasteiger partial charge is 0.0621 e. The minimum absolute atomic E-state index is 0.564. The second-order valence-corrected chi connectivity index (χ2v) is 2.20. The third-order valence-electron chi connectivity index (χ3n) is 1.23. The highest BCUT2D eigenvalue weighted by Gasteiger charge is 1.92. The van der Waals surface area contributed by atoms with Gasteiger partial charge in [-0.05, 0) is 19.3 Å². The predicted octanol–water partition coefficient (Wildman–Crippen LogP) is 2.50. The number of nitriles is 1. The van der Waals surface area contributed by atoms with Crippen LogP contribution >= 0.6 is 0 Å². The van der Waals surface area contributed by atoms with Gasteiger partial charge in [0.05, 0.1) is 6.07 Å². The van der Waals surface area contributed by atoms with Crippen molar-refractivity contribution in [1.29, 1.82) is 5.26 Å². The predicted molar refractivity (Wildman–Crippen MR) is 38.8 cm³/mol. The van der Waals surface area contributed by atoms with Gasteiger partial charge < -0.3 is 0 Å². The first-order chi connectivity index (χ1) is 4.31. The number of allylic oxidation sites excluding steroid dienone is 2. The van der Waals surface area contributed by atoms with Gasteiger partial charge in [0.2, 0.25) is 0 Å². The van der Waals surface area contributed by atoms with Crippen molar-refractivity contribution >= 4 is 0 Å². The molecule has 0 bridgehead atoms. The minimum atomic E-state index is 0.564. The van der Waals surface area contributed by atoms with Crippen molar-refractivity contribution in [2.24, 2.45) is 5.92 Å². The quantitative estimate of drug-likeness (QED) is 0.529. The summed E-state index contributed by atoms with van der Waals surface area (Å²) in [5.74, 6) is 0.564. The lowest BCUT2D eigenvalue weighted by Crippen LogP contribution is -1.86. The van der Waals surface area contributed by atoms with E-state index < -0.39 is 0 Å². The maximum Gasteiger partial charge on any atom is 0.0621 e. The summed E-state index contributed by atoms with van der Waals surface area (Å²) in [5, 5.41) is 8.21. The van der Waals surface area contributed by atoms with E-state index in [2.05, 4.69) is 19.1 Å². The number of hydrogen-bond acceptors (Lipinski definition) is 1. The molecule has 0 aromatic carbocycles. The van der Waals surface area contributed by atoms with E-state index in [4.69, 9.17) is 5.26 Å². The van der Waals surface area contributed by atoms with Gasteiger partial charge in [-0.1, -0.05) is 19.1 Å². The molecule has 1 nitrogen and oxygen atoms in total. The van der Waals surface area contributed by atoms with Crippen LogP contribution in [0.1, 0.15) is 26.7 Å². The molecule has 0 aliphatic heterocycles. The van der Waals surface area contributed by atoms with Crippen LogP contribution in [-0.2, 0) is 0 Å². The Morgan fingerprint density at radius 2 is 2.33 bits per heavy atom. The Kier molecular flexibility index (Phi) is 4.91. The molecular weight excluding hydrogens is 110 g/mol. The molecule has 1 heteroatoms. The zero-order valence-electron chi connectivity index (χ0n) is 6.09. The minimum Gasteiger partial charge on any atom is -0.198 e. The molecule has 0 aromatic rings. The van der Waals surface area contributed by atoms with Crippen molar-refractivity contribution < 1.29 is 0 Å². The van der Waals surface area contributed by atoms with Crippen molar-refractivity contribution in [2.75, 3.05) is 0 Å². The Hall–Kier alpha value is -0.770. The zero-order chi connectivity index (χ0) is 7.11. The van der Waals surface area contributed by atoms with Gasteiger partial charge >= 0.3 is 0 Å². The summed E-state index contributed by atoms with van der Waals surface area (Å²) >= 11 is 0. The van der Waals surface area contributed by atoms with Crippen LogP contribution in [0.4, 0.5) is 0 Å². The normalized spacial score (nSPS) is 13.4. The average molecular weight is 123 g/mol. The molecule has 0 fully saturated rings. The molecule has 50 valence electrons. The van der Waals surface area contributed by atoms with E-state index in [-0.39, 0.29) is 0 Å². The lowest BCUT2D eigenvalue weighted by Gasteiger charge is -1.98. The molecule has 0 saturated heterocycles. The molecule has 0 aliphatic carbocycles. The Morgan fingerprint density at radius 3 is 2.78 bits per heavy atom. The van der Waals surface area contributed by atoms with Crippen LogP contribution in [0.15, 0.2) is 12.2 Å². The second-order valence-electron chi connectivity index (χ2n) is 2.20. The molecule has 0 spiro atoms. The van der Waals surface area contributed by atoms with E-state index >= 15 is 0 Å². The van der Waals surface area contributed by atoms with Crippen LogP contribution < -0.4 is 0 Å². The van der Waals surface area contributed by atoms with E-state index in [0.717, 1.165) is 6.42 Å². The van der Waals surface area contributed by atoms with Gasteiger partial charge in [-0.15, -0.1) is 0 Å². The van der Waals surface area contributed by atoms with Crippen LogP contribution in [0.5, 0.6) is 0 Å². The van der Waals surface area contributed by atoms with Crippen molar-refractivity contribution in [3.8, 4) is 6.07 Å². The summed E-state index contributed by atoms with van der Waals surface area (Å²) in [6.45, 7) is 4.13. The molecule has 0 N–H and O–H groups in total. The first kappa shape index (κ1) is 8.23. The van der Waals surface area contributed by atoms with E-state index in [0.29, 0.717) is 12.3 Å². The van der Waals surface area contributed by atoms with Crippen LogP contribution in [-0.4, -0.2) is 0 Å². The standard InChI is InChI=1S/C8H13N/c1-3-5-8(2)6-4-7-9/h3,5,8H,4,6H2,1-2H3/t8-/m1/s1. The highest BCUT2D eigenvalue weighted by atomic mass is 14.2. The molecule has 0 amide bonds. The van der Waals surface area contributed by atoms with Gasteiger partial charge in [0.25, 0.3) is 0 Å². The van der Waals surface area contributed by atoms with Crippen molar-refractivity contribution in [2.45, 2.75) is 26.7 Å². The summed E-state index contributed by atoms with van der Waals surface area (Å²) in [7, 11) is 0. The largest absolute Gasteiger partial charge is 0.198 e. The maximum absolute atomic E-state index is 8.21. The highest BCUT2D eigenvalue weighted by molar-refractivity contribution is 4.84. The topological polar surface area (TPSA) is 23.8 Å². The SMILES string of the molecule is CC=C[C@@H](C)CCC#N. The summed E-state index contributed by atoms with van der Waals surface area (Å²) < 4.78 is 0. The Balaban J connectivity index is 3.29. The maximum atomic E-state index is 8.21. The first-order valence-electron chi connectivity index (χ1n) is 3.31. The number of hydrogen-bond donors (Lipinski definition) is 0. The second kappa shape index (κ2) is 5.37. The molecule has 0 radical (unpaired) electrons. The van der Waals surface area contributed by atoms with Gasteiger partial charge in [0.1, 0.15) is 0 Å². The molecule has 0 unspecified atom stereocenters. The molecule has 0 aliphatic rings. The monoisotopic (exact) mass is 123 g/mol. The summed E-state index contributed by atoms with van der Waals surface area (Å²) in [4.78, 5) is 0. The van der Waals surface area contributed by atoms with E-state index in [1.807, 2.05) is 13.0 Å². The average Bonchev–Trinajstić information content (AvgIpc) is 1.85. The first-order valence-corrected chi connectivity index (χ1v) is 3.31. The van der Waals surface area contributed by atoms with E-state index in [1.165, 1.54) is 0 Å². The van der Waals surface area contributed by atoms with E-state index in [1.54, 1.807) is 0 Å². The van der Waals surface area contributed by atoms with Crippen LogP contribution in [0.2, 0.25) is 0 Å².